The van der Waals surface area contributed by atoms with Crippen molar-refractivity contribution in [2.45, 2.75) is 0 Å². The molecule has 0 spiro atoms. The molecule has 0 aliphatic carbocycles. The highest BCUT2D eigenvalue weighted by molar-refractivity contribution is 6.36. The van der Waals surface area contributed by atoms with Crippen LogP contribution in [0.4, 0.5) is 5.69 Å². The van der Waals surface area contributed by atoms with Crippen molar-refractivity contribution < 1.29 is 19.8 Å². The standard InChI is InChI=1S/C23H16ClN3O4/c24-16-6-7-19-17(11-16)18(23(31)26-19)9-13-1-4-15(5-2-13)22(30)27-25-12-14-3-8-20(28)21(29)10-14/h1-12,28-29H,(H,26,31)(H,27,30)/b18-9+,25-12+. The Morgan fingerprint density at radius 2 is 1.71 bits per heavy atom. The van der Waals surface area contributed by atoms with Crippen LogP contribution in [-0.4, -0.2) is 28.2 Å². The lowest BCUT2D eigenvalue weighted by Crippen LogP contribution is -2.17. The van der Waals surface area contributed by atoms with E-state index in [4.69, 9.17) is 11.6 Å². The van der Waals surface area contributed by atoms with E-state index >= 15 is 0 Å². The molecular formula is C23H16ClN3O4. The summed E-state index contributed by atoms with van der Waals surface area (Å²) in [4.78, 5) is 24.5. The Labute approximate surface area is 182 Å². The monoisotopic (exact) mass is 433 g/mol. The van der Waals surface area contributed by atoms with Gasteiger partial charge >= 0.3 is 0 Å². The minimum absolute atomic E-state index is 0.214. The van der Waals surface area contributed by atoms with E-state index in [0.717, 1.165) is 11.1 Å². The van der Waals surface area contributed by atoms with Gasteiger partial charge in [0, 0.05) is 27.4 Å². The molecule has 0 radical (unpaired) electrons. The molecule has 0 saturated carbocycles. The van der Waals surface area contributed by atoms with E-state index < -0.39 is 5.91 Å². The van der Waals surface area contributed by atoms with Crippen molar-refractivity contribution in [3.63, 3.8) is 0 Å². The number of phenolic OH excluding ortho intramolecular Hbond substituents is 2. The summed E-state index contributed by atoms with van der Waals surface area (Å²) in [5, 5.41) is 25.9. The van der Waals surface area contributed by atoms with Gasteiger partial charge in [-0.3, -0.25) is 9.59 Å². The van der Waals surface area contributed by atoms with Crippen molar-refractivity contribution in [1.29, 1.82) is 0 Å². The maximum Gasteiger partial charge on any atom is 0.271 e. The summed E-state index contributed by atoms with van der Waals surface area (Å²) >= 11 is 6.04. The number of carbonyl (C=O) groups excluding carboxylic acids is 2. The molecule has 8 heteroatoms. The van der Waals surface area contributed by atoms with Gasteiger partial charge in [-0.05, 0) is 65.7 Å². The molecule has 1 aliphatic rings. The number of phenols is 2. The third kappa shape index (κ3) is 4.41. The Morgan fingerprint density at radius 3 is 2.45 bits per heavy atom. The Kier molecular flexibility index (Phi) is 5.43. The summed E-state index contributed by atoms with van der Waals surface area (Å²) in [6, 6.07) is 16.1. The molecule has 31 heavy (non-hydrogen) atoms. The van der Waals surface area contributed by atoms with Gasteiger partial charge in [-0.2, -0.15) is 5.10 Å². The van der Waals surface area contributed by atoms with E-state index in [2.05, 4.69) is 15.8 Å². The van der Waals surface area contributed by atoms with Crippen LogP contribution in [0.5, 0.6) is 11.5 Å². The lowest BCUT2D eigenvalue weighted by atomic mass is 10.0. The summed E-state index contributed by atoms with van der Waals surface area (Å²) in [7, 11) is 0. The van der Waals surface area contributed by atoms with Gasteiger partial charge in [-0.25, -0.2) is 5.43 Å². The van der Waals surface area contributed by atoms with Gasteiger partial charge in [0.15, 0.2) is 11.5 Å². The minimum atomic E-state index is -0.422. The predicted molar refractivity (Wildman–Crippen MR) is 119 cm³/mol. The summed E-state index contributed by atoms with van der Waals surface area (Å²) < 4.78 is 0. The van der Waals surface area contributed by atoms with Crippen LogP contribution in [0, 0.1) is 0 Å². The van der Waals surface area contributed by atoms with Crippen LogP contribution >= 0.6 is 11.6 Å². The fourth-order valence-corrected chi connectivity index (χ4v) is 3.22. The summed E-state index contributed by atoms with van der Waals surface area (Å²) in [6.07, 6.45) is 3.08. The molecule has 0 atom stereocenters. The van der Waals surface area contributed by atoms with Crippen LogP contribution in [0.1, 0.15) is 27.0 Å². The van der Waals surface area contributed by atoms with Crippen molar-refractivity contribution in [3.8, 4) is 11.5 Å². The quantitative estimate of drug-likeness (QED) is 0.215. The molecule has 2 amide bonds. The molecule has 3 aromatic rings. The van der Waals surface area contributed by atoms with Crippen LogP contribution in [0.25, 0.3) is 11.6 Å². The molecule has 3 aromatic carbocycles. The van der Waals surface area contributed by atoms with Gasteiger partial charge in [0.2, 0.25) is 0 Å². The van der Waals surface area contributed by atoms with Crippen LogP contribution in [0.3, 0.4) is 0 Å². The van der Waals surface area contributed by atoms with Gasteiger partial charge in [0.25, 0.3) is 11.8 Å². The van der Waals surface area contributed by atoms with E-state index in [1.807, 2.05) is 0 Å². The highest BCUT2D eigenvalue weighted by Crippen LogP contribution is 2.34. The van der Waals surface area contributed by atoms with Crippen molar-refractivity contribution in [2.75, 3.05) is 5.32 Å². The minimum Gasteiger partial charge on any atom is -0.504 e. The average molecular weight is 434 g/mol. The number of aromatic hydroxyl groups is 2. The molecule has 0 saturated heterocycles. The molecule has 7 nitrogen and oxygen atoms in total. The molecule has 0 fully saturated rings. The zero-order chi connectivity index (χ0) is 22.0. The first-order valence-corrected chi connectivity index (χ1v) is 9.57. The second kappa shape index (κ2) is 8.33. The highest BCUT2D eigenvalue weighted by atomic mass is 35.5. The number of hydrogen-bond donors (Lipinski definition) is 4. The molecule has 0 unspecified atom stereocenters. The van der Waals surface area contributed by atoms with Gasteiger partial charge in [0.1, 0.15) is 0 Å². The fourth-order valence-electron chi connectivity index (χ4n) is 3.05. The normalized spacial score (nSPS) is 14.0. The molecule has 0 bridgehead atoms. The number of anilines is 1. The summed E-state index contributed by atoms with van der Waals surface area (Å²) in [5.41, 5.74) is 5.96. The average Bonchev–Trinajstić information content (AvgIpc) is 3.05. The van der Waals surface area contributed by atoms with E-state index in [0.29, 0.717) is 27.4 Å². The Hall–Kier alpha value is -4.10. The number of fused-ring (bicyclic) bond motifs is 1. The Bertz CT molecular complexity index is 1250. The number of halogens is 1. The number of amides is 2. The smallest absolute Gasteiger partial charge is 0.271 e. The number of rotatable bonds is 4. The lowest BCUT2D eigenvalue weighted by Gasteiger charge is -2.03. The number of hydrogen-bond acceptors (Lipinski definition) is 5. The number of benzene rings is 3. The number of nitrogens with one attached hydrogen (secondary N) is 2. The maximum absolute atomic E-state index is 12.3. The van der Waals surface area contributed by atoms with Crippen LogP contribution in [0.15, 0.2) is 65.8 Å². The first kappa shape index (κ1) is 20.2. The predicted octanol–water partition coefficient (Wildman–Crippen LogP) is 4.01. The van der Waals surface area contributed by atoms with Gasteiger partial charge in [0.05, 0.1) is 6.21 Å². The number of nitrogens with zero attached hydrogens (tertiary/aromatic N) is 1. The molecule has 154 valence electrons. The largest absolute Gasteiger partial charge is 0.504 e. The van der Waals surface area contributed by atoms with Crippen molar-refractivity contribution in [3.05, 3.63) is 87.9 Å². The van der Waals surface area contributed by atoms with E-state index in [-0.39, 0.29) is 17.4 Å². The SMILES string of the molecule is O=C1Nc2ccc(Cl)cc2/C1=C\c1ccc(C(=O)N/N=C/c2ccc(O)c(O)c2)cc1. The molecule has 1 heterocycles. The Morgan fingerprint density at radius 1 is 0.968 bits per heavy atom. The second-order valence-electron chi connectivity index (χ2n) is 6.77. The third-order valence-electron chi connectivity index (χ3n) is 4.63. The molecule has 1 aliphatic heterocycles. The summed E-state index contributed by atoms with van der Waals surface area (Å²) in [6.45, 7) is 0. The molecular weight excluding hydrogens is 418 g/mol. The Balaban J connectivity index is 1.46. The maximum atomic E-state index is 12.3. The second-order valence-corrected chi connectivity index (χ2v) is 7.21. The van der Waals surface area contributed by atoms with E-state index in [1.165, 1.54) is 24.4 Å². The van der Waals surface area contributed by atoms with Crippen molar-refractivity contribution >= 4 is 47.0 Å². The van der Waals surface area contributed by atoms with Crippen molar-refractivity contribution in [2.24, 2.45) is 5.10 Å². The van der Waals surface area contributed by atoms with Gasteiger partial charge < -0.3 is 15.5 Å². The molecule has 4 rings (SSSR count). The van der Waals surface area contributed by atoms with Crippen LogP contribution < -0.4 is 10.7 Å². The lowest BCUT2D eigenvalue weighted by molar-refractivity contribution is -0.110. The third-order valence-corrected chi connectivity index (χ3v) is 4.86. The van der Waals surface area contributed by atoms with Crippen LogP contribution in [0.2, 0.25) is 5.02 Å². The van der Waals surface area contributed by atoms with E-state index in [9.17, 15) is 19.8 Å². The van der Waals surface area contributed by atoms with E-state index in [1.54, 1.807) is 48.5 Å². The zero-order valence-corrected chi connectivity index (χ0v) is 16.7. The van der Waals surface area contributed by atoms with Crippen molar-refractivity contribution in [1.82, 2.24) is 5.43 Å². The van der Waals surface area contributed by atoms with Gasteiger partial charge in [-0.1, -0.05) is 23.7 Å². The first-order valence-electron chi connectivity index (χ1n) is 9.19. The highest BCUT2D eigenvalue weighted by Gasteiger charge is 2.24. The molecule has 4 N–H and O–H groups in total. The zero-order valence-electron chi connectivity index (χ0n) is 16.0. The molecule has 0 aromatic heterocycles. The number of hydrazone groups is 1. The summed E-state index contributed by atoms with van der Waals surface area (Å²) in [5.74, 6) is -1.15. The van der Waals surface area contributed by atoms with Crippen LogP contribution in [-0.2, 0) is 4.79 Å². The number of carbonyl (C=O) groups is 2. The van der Waals surface area contributed by atoms with Gasteiger partial charge in [-0.15, -0.1) is 0 Å². The fraction of sp³-hybridized carbons (Fsp3) is 0. The first-order chi connectivity index (χ1) is 14.9. The topological polar surface area (TPSA) is 111 Å².